The predicted octanol–water partition coefficient (Wildman–Crippen LogP) is 3.63. The monoisotopic (exact) mass is 490 g/mol. The molecule has 0 saturated carbocycles. The van der Waals surface area contributed by atoms with Crippen molar-refractivity contribution in [3.05, 3.63) is 89.7 Å². The van der Waals surface area contributed by atoms with Crippen LogP contribution in [0, 0.1) is 5.82 Å². The first kappa shape index (κ1) is 24.4. The van der Waals surface area contributed by atoms with Crippen molar-refractivity contribution in [2.24, 2.45) is 0 Å². The second kappa shape index (κ2) is 10.3. The first-order valence-corrected chi connectivity index (χ1v) is 11.1. The van der Waals surface area contributed by atoms with Gasteiger partial charge in [-0.25, -0.2) is 9.18 Å². The molecule has 4 N–H and O–H groups in total. The summed E-state index contributed by atoms with van der Waals surface area (Å²) in [6.45, 7) is 1.33. The quantitative estimate of drug-likeness (QED) is 0.420. The van der Waals surface area contributed by atoms with Crippen LogP contribution in [-0.4, -0.2) is 41.0 Å². The lowest BCUT2D eigenvalue weighted by molar-refractivity contribution is -0.138. The number of urea groups is 1. The van der Waals surface area contributed by atoms with E-state index in [2.05, 4.69) is 16.0 Å². The van der Waals surface area contributed by atoms with Crippen molar-refractivity contribution in [3.63, 3.8) is 0 Å². The number of nitrogens with one attached hydrogen (secondary N) is 3. The molecule has 0 aromatic heterocycles. The van der Waals surface area contributed by atoms with E-state index in [0.29, 0.717) is 11.4 Å². The Morgan fingerprint density at radius 1 is 1.06 bits per heavy atom. The van der Waals surface area contributed by atoms with E-state index in [9.17, 15) is 23.6 Å². The molecule has 2 unspecified atom stereocenters. The number of rotatable bonds is 6. The molecule has 1 heterocycles. The number of fused-ring (bicyclic) bond motifs is 1. The number of carboxylic acids is 1. The molecule has 2 atom stereocenters. The van der Waals surface area contributed by atoms with Crippen LogP contribution in [0.5, 0.6) is 0 Å². The Labute approximate surface area is 205 Å². The van der Waals surface area contributed by atoms with E-state index in [1.54, 1.807) is 0 Å². The minimum atomic E-state index is -1.19. The van der Waals surface area contributed by atoms with E-state index in [4.69, 9.17) is 5.11 Å². The third-order valence-electron chi connectivity index (χ3n) is 5.69. The third kappa shape index (κ3) is 5.33. The second-order valence-corrected chi connectivity index (χ2v) is 8.27. The number of benzene rings is 3. The van der Waals surface area contributed by atoms with E-state index in [-0.39, 0.29) is 17.7 Å². The van der Waals surface area contributed by atoms with Gasteiger partial charge in [0.25, 0.3) is 5.91 Å². The van der Waals surface area contributed by atoms with E-state index in [0.717, 1.165) is 5.56 Å². The standard InChI is InChI=1S/C26H23FN4O5/c1-15(25(34)35)28-23(32)17-7-12-21-20(14-17)30-24(33)22(13-16-5-3-2-4-6-16)31(21)26(36)29-19-10-8-18(27)9-11-19/h2-12,14-15,22H,13H2,1H3,(H,28,32)(H,29,36)(H,30,33)(H,34,35). The lowest BCUT2D eigenvalue weighted by atomic mass is 9.99. The molecule has 0 aliphatic carbocycles. The molecular formula is C26H23FN4O5. The second-order valence-electron chi connectivity index (χ2n) is 8.27. The van der Waals surface area contributed by atoms with Gasteiger partial charge in [0.2, 0.25) is 5.91 Å². The number of nitrogens with zero attached hydrogens (tertiary/aromatic N) is 1. The summed E-state index contributed by atoms with van der Waals surface area (Å²) >= 11 is 0. The number of anilines is 3. The Hall–Kier alpha value is -4.73. The van der Waals surface area contributed by atoms with Crippen LogP contribution in [0.4, 0.5) is 26.2 Å². The molecule has 3 aromatic carbocycles. The van der Waals surface area contributed by atoms with Crippen molar-refractivity contribution in [3.8, 4) is 0 Å². The Morgan fingerprint density at radius 3 is 2.42 bits per heavy atom. The zero-order valence-electron chi connectivity index (χ0n) is 19.2. The number of carbonyl (C=O) groups is 4. The fourth-order valence-corrected chi connectivity index (χ4v) is 3.82. The van der Waals surface area contributed by atoms with Gasteiger partial charge in [0, 0.05) is 17.7 Å². The molecule has 9 nitrogen and oxygen atoms in total. The highest BCUT2D eigenvalue weighted by atomic mass is 19.1. The van der Waals surface area contributed by atoms with Gasteiger partial charge in [-0.3, -0.25) is 19.3 Å². The number of hydrogen-bond donors (Lipinski definition) is 4. The van der Waals surface area contributed by atoms with E-state index >= 15 is 0 Å². The zero-order valence-corrected chi connectivity index (χ0v) is 19.2. The molecule has 0 bridgehead atoms. The first-order chi connectivity index (χ1) is 17.2. The summed E-state index contributed by atoms with van der Waals surface area (Å²) < 4.78 is 13.3. The van der Waals surface area contributed by atoms with Crippen molar-refractivity contribution in [2.45, 2.75) is 25.4 Å². The maximum absolute atomic E-state index is 13.4. The van der Waals surface area contributed by atoms with Crippen molar-refractivity contribution < 1.29 is 28.7 Å². The van der Waals surface area contributed by atoms with E-state index in [1.165, 1.54) is 54.3 Å². The lowest BCUT2D eigenvalue weighted by Gasteiger charge is -2.36. The van der Waals surface area contributed by atoms with Gasteiger partial charge in [0.15, 0.2) is 0 Å². The minimum absolute atomic E-state index is 0.113. The van der Waals surface area contributed by atoms with Crippen molar-refractivity contribution in [2.75, 3.05) is 15.5 Å². The summed E-state index contributed by atoms with van der Waals surface area (Å²) in [5.41, 5.74) is 1.85. The molecule has 3 aromatic rings. The lowest BCUT2D eigenvalue weighted by Crippen LogP contribution is -2.53. The van der Waals surface area contributed by atoms with E-state index < -0.39 is 41.7 Å². The largest absolute Gasteiger partial charge is 0.480 e. The molecule has 1 aliphatic rings. The highest BCUT2D eigenvalue weighted by Crippen LogP contribution is 2.35. The Bertz CT molecular complexity index is 1310. The van der Waals surface area contributed by atoms with Gasteiger partial charge >= 0.3 is 12.0 Å². The number of amides is 4. The SMILES string of the molecule is CC(NC(=O)c1ccc2c(c1)NC(=O)C(Cc1ccccc1)N2C(=O)Nc1ccc(F)cc1)C(=O)O. The number of aliphatic carboxylic acids is 1. The fourth-order valence-electron chi connectivity index (χ4n) is 3.82. The van der Waals surface area contributed by atoms with Gasteiger partial charge < -0.3 is 21.1 Å². The number of carboxylic acid groups (broad SMARTS) is 1. The minimum Gasteiger partial charge on any atom is -0.480 e. The molecule has 4 rings (SSSR count). The number of halogens is 1. The van der Waals surface area contributed by atoms with Crippen LogP contribution in [0.25, 0.3) is 0 Å². The maximum atomic E-state index is 13.4. The molecule has 10 heteroatoms. The molecule has 0 spiro atoms. The Morgan fingerprint density at radius 2 is 1.75 bits per heavy atom. The van der Waals surface area contributed by atoms with Gasteiger partial charge in [-0.05, 0) is 55.0 Å². The van der Waals surface area contributed by atoms with Crippen LogP contribution in [0.2, 0.25) is 0 Å². The van der Waals surface area contributed by atoms with Gasteiger partial charge in [-0.1, -0.05) is 30.3 Å². The third-order valence-corrected chi connectivity index (χ3v) is 5.69. The van der Waals surface area contributed by atoms with Gasteiger partial charge in [-0.15, -0.1) is 0 Å². The molecule has 36 heavy (non-hydrogen) atoms. The molecular weight excluding hydrogens is 467 g/mol. The van der Waals surface area contributed by atoms with E-state index in [1.807, 2.05) is 30.3 Å². The van der Waals surface area contributed by atoms with Crippen molar-refractivity contribution in [1.29, 1.82) is 0 Å². The first-order valence-electron chi connectivity index (χ1n) is 11.1. The molecule has 184 valence electrons. The Balaban J connectivity index is 1.68. The van der Waals surface area contributed by atoms with Crippen LogP contribution >= 0.6 is 0 Å². The average molecular weight is 490 g/mol. The molecule has 0 saturated heterocycles. The van der Waals surface area contributed by atoms with Gasteiger partial charge in [0.1, 0.15) is 17.9 Å². The number of carbonyl (C=O) groups excluding carboxylic acids is 3. The molecule has 0 radical (unpaired) electrons. The van der Waals surface area contributed by atoms with Crippen LogP contribution in [0.1, 0.15) is 22.8 Å². The van der Waals surface area contributed by atoms with Crippen LogP contribution < -0.4 is 20.9 Å². The van der Waals surface area contributed by atoms with Crippen LogP contribution in [0.3, 0.4) is 0 Å². The Kier molecular flexibility index (Phi) is 6.95. The molecule has 4 amide bonds. The fraction of sp³-hybridized carbons (Fsp3) is 0.154. The highest BCUT2D eigenvalue weighted by molar-refractivity contribution is 6.15. The summed E-state index contributed by atoms with van der Waals surface area (Å²) in [4.78, 5) is 51.4. The zero-order chi connectivity index (χ0) is 25.8. The summed E-state index contributed by atoms with van der Waals surface area (Å²) in [5, 5.41) is 16.8. The van der Waals surface area contributed by atoms with Gasteiger partial charge in [0.05, 0.1) is 11.4 Å². The summed E-state index contributed by atoms with van der Waals surface area (Å²) in [7, 11) is 0. The summed E-state index contributed by atoms with van der Waals surface area (Å²) in [5.74, 6) is -2.75. The van der Waals surface area contributed by atoms with Crippen LogP contribution in [0.15, 0.2) is 72.8 Å². The smallest absolute Gasteiger partial charge is 0.327 e. The van der Waals surface area contributed by atoms with Crippen LogP contribution in [-0.2, 0) is 16.0 Å². The van der Waals surface area contributed by atoms with Gasteiger partial charge in [-0.2, -0.15) is 0 Å². The normalized spacial score (nSPS) is 15.3. The van der Waals surface area contributed by atoms with Crippen molar-refractivity contribution in [1.82, 2.24) is 5.32 Å². The summed E-state index contributed by atoms with van der Waals surface area (Å²) in [6, 6.07) is 16.1. The van der Waals surface area contributed by atoms with Crippen molar-refractivity contribution >= 4 is 40.9 Å². The average Bonchev–Trinajstić information content (AvgIpc) is 2.86. The molecule has 1 aliphatic heterocycles. The molecule has 0 fully saturated rings. The summed E-state index contributed by atoms with van der Waals surface area (Å²) in [6.07, 6.45) is 0.224. The number of hydrogen-bond acceptors (Lipinski definition) is 4. The highest BCUT2D eigenvalue weighted by Gasteiger charge is 2.37. The maximum Gasteiger partial charge on any atom is 0.327 e. The predicted molar refractivity (Wildman–Crippen MR) is 131 cm³/mol. The topological polar surface area (TPSA) is 128 Å².